The van der Waals surface area contributed by atoms with E-state index < -0.39 is 23.9 Å². The number of rotatable bonds is 8. The van der Waals surface area contributed by atoms with Gasteiger partial charge in [0.2, 0.25) is 0 Å². The zero-order valence-electron chi connectivity index (χ0n) is 24.0. The van der Waals surface area contributed by atoms with Crippen molar-refractivity contribution in [1.29, 1.82) is 0 Å². The van der Waals surface area contributed by atoms with Gasteiger partial charge >= 0.3 is 13.1 Å². The van der Waals surface area contributed by atoms with Crippen molar-refractivity contribution in [3.8, 4) is 5.75 Å². The van der Waals surface area contributed by atoms with Crippen LogP contribution < -0.4 is 10.2 Å². The van der Waals surface area contributed by atoms with Crippen LogP contribution in [0.25, 0.3) is 0 Å². The van der Waals surface area contributed by atoms with E-state index in [0.717, 1.165) is 49.4 Å². The van der Waals surface area contributed by atoms with Crippen molar-refractivity contribution in [3.05, 3.63) is 59.2 Å². The number of nitrogens with zero attached hydrogens (tertiary/aromatic N) is 1. The molecule has 0 N–H and O–H groups in total. The van der Waals surface area contributed by atoms with Gasteiger partial charge in [-0.3, -0.25) is 9.69 Å². The molecule has 2 heterocycles. The van der Waals surface area contributed by atoms with Gasteiger partial charge in [0.25, 0.3) is 0 Å². The van der Waals surface area contributed by atoms with Gasteiger partial charge in [0.15, 0.2) is 0 Å². The van der Waals surface area contributed by atoms with E-state index in [9.17, 15) is 4.79 Å². The van der Waals surface area contributed by atoms with Crippen LogP contribution in [-0.2, 0) is 43.1 Å². The molecule has 0 saturated carbocycles. The quantitative estimate of drug-likeness (QED) is 0.378. The number of esters is 1. The van der Waals surface area contributed by atoms with E-state index >= 15 is 0 Å². The van der Waals surface area contributed by atoms with Crippen molar-refractivity contribution < 1.29 is 28.3 Å². The van der Waals surface area contributed by atoms with Gasteiger partial charge in [0.05, 0.1) is 30.8 Å². The second-order valence-electron chi connectivity index (χ2n) is 12.2. The number of hydrogen-bond donors (Lipinski definition) is 0. The Bertz CT molecular complexity index is 1100. The Morgan fingerprint density at radius 3 is 2.26 bits per heavy atom. The summed E-state index contributed by atoms with van der Waals surface area (Å²) < 4.78 is 30.1. The van der Waals surface area contributed by atoms with Crippen molar-refractivity contribution in [2.45, 2.75) is 84.8 Å². The molecule has 4 rings (SSSR count). The van der Waals surface area contributed by atoms with Crippen LogP contribution in [0.15, 0.2) is 42.5 Å². The van der Waals surface area contributed by atoms with E-state index in [1.54, 1.807) is 0 Å². The van der Waals surface area contributed by atoms with Crippen LogP contribution in [0.5, 0.6) is 5.75 Å². The molecule has 206 valence electrons. The predicted octanol–water partition coefficient (Wildman–Crippen LogP) is 4.28. The third-order valence-electron chi connectivity index (χ3n) is 7.23. The van der Waals surface area contributed by atoms with Crippen molar-refractivity contribution in [3.63, 3.8) is 0 Å². The molecule has 2 aliphatic rings. The molecule has 8 heteroatoms. The standard InChI is InChI=1S/C30H42BNO6/c1-28(2,3)36-27(33)19-24-10-8-9-11-26(24)35-21-23-16-22(20-32-12-14-34-15-13-32)17-25(18-23)31-37-29(4,5)30(6,7)38-31/h8-11,16-18H,12-15,19-21H2,1-7H3. The second-order valence-corrected chi connectivity index (χ2v) is 12.2. The number of ether oxygens (including phenoxy) is 3. The number of para-hydroxylation sites is 1. The maximum Gasteiger partial charge on any atom is 0.494 e. The molecule has 2 aromatic carbocycles. The highest BCUT2D eigenvalue weighted by atomic mass is 16.7. The minimum Gasteiger partial charge on any atom is -0.489 e. The maximum atomic E-state index is 12.5. The molecule has 0 amide bonds. The summed E-state index contributed by atoms with van der Waals surface area (Å²) in [6.07, 6.45) is 0.156. The molecule has 7 nitrogen and oxygen atoms in total. The lowest BCUT2D eigenvalue weighted by atomic mass is 9.77. The van der Waals surface area contributed by atoms with Crippen molar-refractivity contribution >= 4 is 18.6 Å². The first kappa shape index (κ1) is 28.6. The van der Waals surface area contributed by atoms with Gasteiger partial charge in [0.1, 0.15) is 18.0 Å². The van der Waals surface area contributed by atoms with Gasteiger partial charge in [-0.05, 0) is 71.1 Å². The molecule has 0 bridgehead atoms. The predicted molar refractivity (Wildman–Crippen MR) is 149 cm³/mol. The van der Waals surface area contributed by atoms with Gasteiger partial charge in [-0.2, -0.15) is 0 Å². The van der Waals surface area contributed by atoms with E-state index in [1.165, 1.54) is 5.56 Å². The molecular weight excluding hydrogens is 481 g/mol. The highest BCUT2D eigenvalue weighted by Crippen LogP contribution is 2.36. The fraction of sp³-hybridized carbons (Fsp3) is 0.567. The molecule has 0 aliphatic carbocycles. The lowest BCUT2D eigenvalue weighted by Gasteiger charge is -2.32. The van der Waals surface area contributed by atoms with Crippen LogP contribution in [0.2, 0.25) is 0 Å². The molecule has 0 unspecified atom stereocenters. The van der Waals surface area contributed by atoms with Gasteiger partial charge in [-0.1, -0.05) is 36.4 Å². The molecule has 2 saturated heterocycles. The molecule has 0 spiro atoms. The van der Waals surface area contributed by atoms with Crippen LogP contribution in [-0.4, -0.2) is 61.1 Å². The average molecular weight is 523 g/mol. The van der Waals surface area contributed by atoms with Crippen LogP contribution in [0.4, 0.5) is 0 Å². The number of benzene rings is 2. The van der Waals surface area contributed by atoms with Crippen LogP contribution >= 0.6 is 0 Å². The zero-order chi connectivity index (χ0) is 27.6. The molecule has 38 heavy (non-hydrogen) atoms. The summed E-state index contributed by atoms with van der Waals surface area (Å²) in [5.41, 5.74) is 2.61. The lowest BCUT2D eigenvalue weighted by Crippen LogP contribution is -2.41. The largest absolute Gasteiger partial charge is 0.494 e. The van der Waals surface area contributed by atoms with E-state index in [2.05, 4.69) is 50.8 Å². The first-order valence-electron chi connectivity index (χ1n) is 13.5. The molecule has 2 aromatic rings. The minimum absolute atomic E-state index is 0.156. The molecule has 0 radical (unpaired) electrons. The normalized spacial score (nSPS) is 19.4. The maximum absolute atomic E-state index is 12.5. The third kappa shape index (κ3) is 7.38. The van der Waals surface area contributed by atoms with E-state index in [-0.39, 0.29) is 12.4 Å². The van der Waals surface area contributed by atoms with E-state index in [4.69, 9.17) is 23.5 Å². The van der Waals surface area contributed by atoms with Gasteiger partial charge in [-0.25, -0.2) is 0 Å². The third-order valence-corrected chi connectivity index (χ3v) is 7.23. The molecule has 0 atom stereocenters. The summed E-state index contributed by atoms with van der Waals surface area (Å²) in [7, 11) is -0.456. The van der Waals surface area contributed by atoms with Crippen LogP contribution in [0.1, 0.15) is 65.2 Å². The van der Waals surface area contributed by atoms with Crippen LogP contribution in [0.3, 0.4) is 0 Å². The van der Waals surface area contributed by atoms with Gasteiger partial charge in [0, 0.05) is 25.2 Å². The Balaban J connectivity index is 1.54. The van der Waals surface area contributed by atoms with Gasteiger partial charge in [-0.15, -0.1) is 0 Å². The van der Waals surface area contributed by atoms with Crippen LogP contribution in [0, 0.1) is 0 Å². The number of hydrogen-bond acceptors (Lipinski definition) is 7. The summed E-state index contributed by atoms with van der Waals surface area (Å²) in [5.74, 6) is 0.401. The molecular formula is C30H42BNO6. The summed E-state index contributed by atoms with van der Waals surface area (Å²) in [6, 6.07) is 14.1. The highest BCUT2D eigenvalue weighted by molar-refractivity contribution is 6.62. The fourth-order valence-corrected chi connectivity index (χ4v) is 4.58. The lowest BCUT2D eigenvalue weighted by molar-refractivity contribution is -0.153. The molecule has 0 aromatic heterocycles. The number of morpholine rings is 1. The number of carbonyl (C=O) groups is 1. The second kappa shape index (κ2) is 11.4. The SMILES string of the molecule is CC(C)(C)OC(=O)Cc1ccccc1OCc1cc(CN2CCOCC2)cc(B2OC(C)(C)C(C)(C)O2)c1. The summed E-state index contributed by atoms with van der Waals surface area (Å²) in [6.45, 7) is 18.4. The average Bonchev–Trinajstić information content (AvgIpc) is 3.04. The van der Waals surface area contributed by atoms with Crippen molar-refractivity contribution in [2.24, 2.45) is 0 Å². The minimum atomic E-state index is -0.530. The summed E-state index contributed by atoms with van der Waals surface area (Å²) in [5, 5.41) is 0. The summed E-state index contributed by atoms with van der Waals surface area (Å²) in [4.78, 5) is 14.9. The van der Waals surface area contributed by atoms with E-state index in [1.807, 2.05) is 45.0 Å². The zero-order valence-corrected chi connectivity index (χ0v) is 24.0. The number of carbonyl (C=O) groups excluding carboxylic acids is 1. The molecule has 2 aliphatic heterocycles. The Kier molecular flexibility index (Phi) is 8.57. The van der Waals surface area contributed by atoms with Crippen molar-refractivity contribution in [1.82, 2.24) is 4.90 Å². The first-order chi connectivity index (χ1) is 17.8. The topological polar surface area (TPSA) is 66.5 Å². The Morgan fingerprint density at radius 2 is 1.61 bits per heavy atom. The Morgan fingerprint density at radius 1 is 0.974 bits per heavy atom. The van der Waals surface area contributed by atoms with E-state index in [0.29, 0.717) is 12.4 Å². The molecule has 2 fully saturated rings. The van der Waals surface area contributed by atoms with Crippen molar-refractivity contribution in [2.75, 3.05) is 26.3 Å². The Labute approximate surface area is 227 Å². The Hall–Kier alpha value is -2.39. The fourth-order valence-electron chi connectivity index (χ4n) is 4.58. The first-order valence-corrected chi connectivity index (χ1v) is 13.5. The highest BCUT2D eigenvalue weighted by Gasteiger charge is 2.51. The smallest absolute Gasteiger partial charge is 0.489 e. The van der Waals surface area contributed by atoms with Gasteiger partial charge < -0.3 is 23.5 Å². The monoisotopic (exact) mass is 523 g/mol. The summed E-state index contributed by atoms with van der Waals surface area (Å²) >= 11 is 0.